The van der Waals surface area contributed by atoms with Gasteiger partial charge in [-0.1, -0.05) is 44.5 Å². The Hall–Kier alpha value is -2.84. The minimum absolute atomic E-state index is 0.0827. The van der Waals surface area contributed by atoms with Crippen LogP contribution in [0.15, 0.2) is 48.6 Å². The van der Waals surface area contributed by atoms with Gasteiger partial charge >= 0.3 is 0 Å². The number of hydrogen-bond donors (Lipinski definition) is 1. The molecule has 0 aromatic heterocycles. The molecule has 7 nitrogen and oxygen atoms in total. The fourth-order valence-electron chi connectivity index (χ4n) is 7.18. The van der Waals surface area contributed by atoms with Gasteiger partial charge in [-0.25, -0.2) is 13.1 Å². The highest BCUT2D eigenvalue weighted by molar-refractivity contribution is 7.90. The number of nitrogens with one attached hydrogen (secondary N) is 1. The van der Waals surface area contributed by atoms with Crippen molar-refractivity contribution in [3.63, 3.8) is 0 Å². The second kappa shape index (κ2) is 10.7. The van der Waals surface area contributed by atoms with Crippen LogP contribution in [-0.2, 0) is 26.7 Å². The normalized spacial score (nSPS) is 31.0. The van der Waals surface area contributed by atoms with Crippen molar-refractivity contribution in [3.05, 3.63) is 70.3 Å². The maximum Gasteiger partial charge on any atom is 0.264 e. The molecule has 1 fully saturated rings. The van der Waals surface area contributed by atoms with Crippen molar-refractivity contribution in [1.82, 2.24) is 4.72 Å². The minimum Gasteiger partial charge on any atom is -0.490 e. The van der Waals surface area contributed by atoms with Crippen LogP contribution >= 0.6 is 11.6 Å². The molecule has 1 spiro atoms. The third-order valence-electron chi connectivity index (χ3n) is 10.1. The second-order valence-corrected chi connectivity index (χ2v) is 15.6. The molecule has 2 bridgehead atoms. The fourth-order valence-corrected chi connectivity index (χ4v) is 9.09. The number of rotatable bonds is 0. The zero-order chi connectivity index (χ0) is 29.9. The number of fused-ring (bicyclic) bond motifs is 4. The van der Waals surface area contributed by atoms with Crippen molar-refractivity contribution in [2.75, 3.05) is 30.3 Å². The molecule has 6 rings (SSSR count). The highest BCUT2D eigenvalue weighted by Gasteiger charge is 2.44. The molecular formula is C33H39ClN2O5S. The smallest absolute Gasteiger partial charge is 0.264 e. The van der Waals surface area contributed by atoms with Gasteiger partial charge in [-0.3, -0.25) is 9.59 Å². The lowest BCUT2D eigenvalue weighted by Crippen LogP contribution is -2.49. The van der Waals surface area contributed by atoms with E-state index in [2.05, 4.69) is 21.8 Å². The number of carbonyl (C=O) groups is 2. The number of benzene rings is 2. The van der Waals surface area contributed by atoms with E-state index < -0.39 is 21.3 Å². The molecular weight excluding hydrogens is 572 g/mol. The predicted molar refractivity (Wildman–Crippen MR) is 165 cm³/mol. The van der Waals surface area contributed by atoms with Gasteiger partial charge in [0.15, 0.2) is 5.78 Å². The maximum absolute atomic E-state index is 13.4. The Labute approximate surface area is 253 Å². The van der Waals surface area contributed by atoms with Crippen molar-refractivity contribution >= 4 is 39.0 Å². The first-order valence-electron chi connectivity index (χ1n) is 14.9. The Bertz CT molecular complexity index is 1570. The van der Waals surface area contributed by atoms with E-state index in [1.807, 2.05) is 32.9 Å². The summed E-state index contributed by atoms with van der Waals surface area (Å²) in [6.45, 7) is 7.39. The molecule has 2 aliphatic carbocycles. The number of carbonyl (C=O) groups excluding carboxylic acids is 2. The van der Waals surface area contributed by atoms with Crippen molar-refractivity contribution in [3.8, 4) is 5.75 Å². The number of halogens is 1. The quantitative estimate of drug-likeness (QED) is 0.411. The van der Waals surface area contributed by atoms with Gasteiger partial charge in [-0.05, 0) is 96.9 Å². The first-order valence-corrected chi connectivity index (χ1v) is 17.0. The summed E-state index contributed by atoms with van der Waals surface area (Å²) in [4.78, 5) is 29.0. The third-order valence-corrected chi connectivity index (χ3v) is 12.0. The van der Waals surface area contributed by atoms with Crippen LogP contribution in [0.2, 0.25) is 5.02 Å². The van der Waals surface area contributed by atoms with E-state index in [4.69, 9.17) is 16.3 Å². The molecule has 2 aromatic carbocycles. The van der Waals surface area contributed by atoms with Crippen molar-refractivity contribution in [2.24, 2.45) is 23.2 Å². The number of aryl methyl sites for hydroxylation is 1. The van der Waals surface area contributed by atoms with Crippen LogP contribution in [0.5, 0.6) is 5.75 Å². The van der Waals surface area contributed by atoms with Gasteiger partial charge in [-0.2, -0.15) is 0 Å². The lowest BCUT2D eigenvalue weighted by atomic mass is 9.68. The number of hydrogen-bond acceptors (Lipinski definition) is 6. The van der Waals surface area contributed by atoms with Gasteiger partial charge in [0.05, 0.1) is 18.0 Å². The van der Waals surface area contributed by atoms with E-state index in [1.54, 1.807) is 24.3 Å². The van der Waals surface area contributed by atoms with Gasteiger partial charge in [-0.15, -0.1) is 0 Å². The number of allylic oxidation sites excluding steroid dienone is 2. The Balaban J connectivity index is 1.43. The molecule has 0 saturated heterocycles. The minimum atomic E-state index is -3.95. The zero-order valence-corrected chi connectivity index (χ0v) is 26.1. The van der Waals surface area contributed by atoms with Crippen LogP contribution < -0.4 is 14.4 Å². The summed E-state index contributed by atoms with van der Waals surface area (Å²) < 4.78 is 35.1. The second-order valence-electron chi connectivity index (χ2n) is 13.5. The monoisotopic (exact) mass is 610 g/mol. The van der Waals surface area contributed by atoms with Crippen molar-refractivity contribution in [2.45, 2.75) is 58.3 Å². The largest absolute Gasteiger partial charge is 0.490 e. The van der Waals surface area contributed by atoms with E-state index in [0.29, 0.717) is 25.4 Å². The Morgan fingerprint density at radius 3 is 2.67 bits per heavy atom. The zero-order valence-electron chi connectivity index (χ0n) is 24.5. The average molecular weight is 611 g/mol. The molecule has 224 valence electrons. The first-order chi connectivity index (χ1) is 19.9. The van der Waals surface area contributed by atoms with Gasteiger partial charge in [0, 0.05) is 35.0 Å². The molecule has 1 N–H and O–H groups in total. The molecule has 0 radical (unpaired) electrons. The van der Waals surface area contributed by atoms with Gasteiger partial charge in [0.1, 0.15) is 5.75 Å². The summed E-state index contributed by atoms with van der Waals surface area (Å²) in [6, 6.07) is 11.3. The molecule has 2 heterocycles. The summed E-state index contributed by atoms with van der Waals surface area (Å²) in [5, 5.41) is 0.723. The van der Waals surface area contributed by atoms with Crippen LogP contribution in [0, 0.1) is 23.2 Å². The summed E-state index contributed by atoms with van der Waals surface area (Å²) in [5.41, 5.74) is 2.52. The molecule has 9 heteroatoms. The third kappa shape index (κ3) is 5.48. The van der Waals surface area contributed by atoms with E-state index in [0.717, 1.165) is 42.8 Å². The van der Waals surface area contributed by atoms with Crippen LogP contribution in [0.3, 0.4) is 0 Å². The summed E-state index contributed by atoms with van der Waals surface area (Å²) in [7, 11) is -3.95. The molecule has 0 unspecified atom stereocenters. The molecule has 2 aliphatic heterocycles. The Morgan fingerprint density at radius 2 is 1.90 bits per heavy atom. The average Bonchev–Trinajstić information content (AvgIpc) is 3.05. The molecule has 4 atom stereocenters. The number of sulfonamides is 1. The highest BCUT2D eigenvalue weighted by atomic mass is 35.5. The summed E-state index contributed by atoms with van der Waals surface area (Å²) in [5.74, 6) is -0.239. The summed E-state index contributed by atoms with van der Waals surface area (Å²) in [6.07, 6.45) is 8.20. The van der Waals surface area contributed by atoms with Crippen LogP contribution in [0.4, 0.5) is 5.69 Å². The molecule has 1 saturated carbocycles. The first kappa shape index (κ1) is 29.2. The van der Waals surface area contributed by atoms with Gasteiger partial charge < -0.3 is 9.64 Å². The number of nitrogens with zero attached hydrogens (tertiary/aromatic N) is 1. The molecule has 1 amide bonds. The number of ether oxygens (including phenoxy) is 1. The maximum atomic E-state index is 13.4. The highest BCUT2D eigenvalue weighted by Crippen LogP contribution is 2.46. The van der Waals surface area contributed by atoms with Gasteiger partial charge in [0.25, 0.3) is 5.91 Å². The molecule has 4 aliphatic rings. The number of amides is 1. The van der Waals surface area contributed by atoms with E-state index in [9.17, 15) is 18.0 Å². The SMILES string of the molecule is C[C@H]1/C=C\C(=O)[C@@H]2CC[C@H]2CN2C[C@@]3(CCCc4cc(Cl)ccc43)COc3ccc(cc32)C(=O)NS(=O)(=O)CC1(C)C. The van der Waals surface area contributed by atoms with Gasteiger partial charge in [0.2, 0.25) is 10.0 Å². The topological polar surface area (TPSA) is 92.8 Å². The molecule has 2 aromatic rings. The number of anilines is 1. The van der Waals surface area contributed by atoms with Crippen molar-refractivity contribution in [1.29, 1.82) is 0 Å². The van der Waals surface area contributed by atoms with Crippen LogP contribution in [0.25, 0.3) is 0 Å². The van der Waals surface area contributed by atoms with E-state index >= 15 is 0 Å². The molecule has 42 heavy (non-hydrogen) atoms. The summed E-state index contributed by atoms with van der Waals surface area (Å²) >= 11 is 6.38. The Kier molecular flexibility index (Phi) is 7.45. The van der Waals surface area contributed by atoms with Crippen LogP contribution in [-0.4, -0.2) is 45.6 Å². The van der Waals surface area contributed by atoms with E-state index in [1.165, 1.54) is 11.1 Å². The lowest BCUT2D eigenvalue weighted by molar-refractivity contribution is -0.122. The number of ketones is 1. The Morgan fingerprint density at radius 1 is 1.10 bits per heavy atom. The fraction of sp³-hybridized carbons (Fsp3) is 0.515. The predicted octanol–water partition coefficient (Wildman–Crippen LogP) is 5.70. The van der Waals surface area contributed by atoms with Crippen LogP contribution in [0.1, 0.15) is 67.9 Å². The van der Waals surface area contributed by atoms with Crippen molar-refractivity contribution < 1.29 is 22.7 Å². The lowest BCUT2D eigenvalue weighted by Gasteiger charge is -2.44. The standard InChI is InChI=1S/C33H39ClN2O5S/c1-21-6-12-29(37)26-10-7-24(26)17-36-18-33(14-4-5-22-15-25(34)9-11-27(22)33)19-41-30-13-8-23(16-28(30)36)31(38)35-42(39,40)20-32(21,2)3/h6,8-9,11-13,15-16,21,24,26H,4-5,7,10,14,17-20H2,1-3H3,(H,35,38)/b12-6-/t21-,24-,26+,33-/m0/s1. The van der Waals surface area contributed by atoms with E-state index in [-0.39, 0.29) is 40.3 Å².